The monoisotopic (exact) mass is 256 g/mol. The van der Waals surface area contributed by atoms with Crippen molar-refractivity contribution in [2.24, 2.45) is 0 Å². The predicted octanol–water partition coefficient (Wildman–Crippen LogP) is 2.29. The lowest BCUT2D eigenvalue weighted by molar-refractivity contribution is 0.00973. The van der Waals surface area contributed by atoms with E-state index >= 15 is 0 Å². The smallest absolute Gasteiger partial charge is 0.123 e. The summed E-state index contributed by atoms with van der Waals surface area (Å²) in [5.41, 5.74) is 0.709. The van der Waals surface area contributed by atoms with E-state index in [-0.39, 0.29) is 5.82 Å². The molecule has 2 unspecified atom stereocenters. The number of benzene rings is 1. The standard InChI is InChI=1S/C14H21FO3/c1-3-4-12(16)13(17)7-5-10-9-11(15)6-8-14(10)18-2/h6,8-9,12-13,16-17H,3-5,7H2,1-2H3. The van der Waals surface area contributed by atoms with Gasteiger partial charge >= 0.3 is 0 Å². The van der Waals surface area contributed by atoms with Gasteiger partial charge in [0.15, 0.2) is 0 Å². The molecule has 0 amide bonds. The molecule has 2 atom stereocenters. The number of aryl methyl sites for hydroxylation is 1. The van der Waals surface area contributed by atoms with Gasteiger partial charge < -0.3 is 14.9 Å². The van der Waals surface area contributed by atoms with Crippen molar-refractivity contribution in [1.29, 1.82) is 0 Å². The van der Waals surface area contributed by atoms with Crippen LogP contribution in [0.2, 0.25) is 0 Å². The lowest BCUT2D eigenvalue weighted by Gasteiger charge is -2.17. The average Bonchev–Trinajstić information content (AvgIpc) is 2.36. The van der Waals surface area contributed by atoms with Crippen molar-refractivity contribution in [3.8, 4) is 5.75 Å². The second-order valence-electron chi connectivity index (χ2n) is 4.42. The van der Waals surface area contributed by atoms with Crippen molar-refractivity contribution >= 4 is 0 Å². The minimum absolute atomic E-state index is 0.325. The van der Waals surface area contributed by atoms with Crippen LogP contribution in [0.4, 0.5) is 4.39 Å². The molecule has 0 aliphatic heterocycles. The summed E-state index contributed by atoms with van der Waals surface area (Å²) in [5, 5.41) is 19.4. The topological polar surface area (TPSA) is 49.7 Å². The number of ether oxygens (including phenoxy) is 1. The fraction of sp³-hybridized carbons (Fsp3) is 0.571. The molecule has 18 heavy (non-hydrogen) atoms. The highest BCUT2D eigenvalue weighted by Gasteiger charge is 2.16. The summed E-state index contributed by atoms with van der Waals surface area (Å²) < 4.78 is 18.2. The summed E-state index contributed by atoms with van der Waals surface area (Å²) in [6, 6.07) is 4.31. The Morgan fingerprint density at radius 3 is 2.50 bits per heavy atom. The number of aliphatic hydroxyl groups excluding tert-OH is 2. The van der Waals surface area contributed by atoms with E-state index < -0.39 is 12.2 Å². The third-order valence-corrected chi connectivity index (χ3v) is 2.98. The highest BCUT2D eigenvalue weighted by molar-refractivity contribution is 5.34. The summed E-state index contributed by atoms with van der Waals surface area (Å²) in [4.78, 5) is 0. The number of rotatable bonds is 7. The van der Waals surface area contributed by atoms with E-state index in [1.165, 1.54) is 19.2 Å². The molecule has 1 aromatic carbocycles. The molecule has 1 rings (SSSR count). The van der Waals surface area contributed by atoms with Gasteiger partial charge in [-0.2, -0.15) is 0 Å². The van der Waals surface area contributed by atoms with Gasteiger partial charge in [0.05, 0.1) is 19.3 Å². The predicted molar refractivity (Wildman–Crippen MR) is 68.2 cm³/mol. The Kier molecular flexibility index (Phi) is 6.09. The van der Waals surface area contributed by atoms with Crippen molar-refractivity contribution in [3.63, 3.8) is 0 Å². The molecule has 0 bridgehead atoms. The van der Waals surface area contributed by atoms with Crippen LogP contribution in [0.3, 0.4) is 0 Å². The molecule has 0 spiro atoms. The number of hydrogen-bond acceptors (Lipinski definition) is 3. The van der Waals surface area contributed by atoms with Gasteiger partial charge in [0.2, 0.25) is 0 Å². The minimum Gasteiger partial charge on any atom is -0.496 e. The lowest BCUT2D eigenvalue weighted by atomic mass is 10.0. The number of halogens is 1. The summed E-state index contributed by atoms with van der Waals surface area (Å²) in [5.74, 6) is 0.281. The third-order valence-electron chi connectivity index (χ3n) is 2.98. The van der Waals surface area contributed by atoms with E-state index in [1.54, 1.807) is 6.07 Å². The van der Waals surface area contributed by atoms with Gasteiger partial charge in [0, 0.05) is 0 Å². The Hall–Kier alpha value is -1.13. The molecule has 0 radical (unpaired) electrons. The molecular formula is C14H21FO3. The average molecular weight is 256 g/mol. The molecule has 0 saturated carbocycles. The van der Waals surface area contributed by atoms with E-state index in [0.29, 0.717) is 30.6 Å². The molecule has 0 fully saturated rings. The molecule has 2 N–H and O–H groups in total. The molecule has 102 valence electrons. The van der Waals surface area contributed by atoms with Gasteiger partial charge in [-0.1, -0.05) is 13.3 Å². The van der Waals surface area contributed by atoms with Crippen molar-refractivity contribution in [3.05, 3.63) is 29.6 Å². The van der Waals surface area contributed by atoms with Crippen molar-refractivity contribution in [1.82, 2.24) is 0 Å². The zero-order chi connectivity index (χ0) is 13.5. The summed E-state index contributed by atoms with van der Waals surface area (Å²) in [7, 11) is 1.53. The second-order valence-corrected chi connectivity index (χ2v) is 4.42. The fourth-order valence-corrected chi connectivity index (χ4v) is 1.93. The van der Waals surface area contributed by atoms with Gasteiger partial charge in [-0.3, -0.25) is 0 Å². The summed E-state index contributed by atoms with van der Waals surface area (Å²) >= 11 is 0. The SMILES string of the molecule is CCCC(O)C(O)CCc1cc(F)ccc1OC. The van der Waals surface area contributed by atoms with E-state index in [9.17, 15) is 14.6 Å². The lowest BCUT2D eigenvalue weighted by Crippen LogP contribution is -2.26. The maximum absolute atomic E-state index is 13.1. The molecule has 1 aromatic rings. The number of hydrogen-bond donors (Lipinski definition) is 2. The van der Waals surface area contributed by atoms with Crippen LogP contribution < -0.4 is 4.74 Å². The van der Waals surface area contributed by atoms with Crippen molar-refractivity contribution < 1.29 is 19.3 Å². The van der Waals surface area contributed by atoms with Gasteiger partial charge in [-0.25, -0.2) is 4.39 Å². The second kappa shape index (κ2) is 7.34. The molecule has 0 aliphatic rings. The van der Waals surface area contributed by atoms with Crippen molar-refractivity contribution in [2.75, 3.05) is 7.11 Å². The zero-order valence-electron chi connectivity index (χ0n) is 10.9. The molecule has 3 nitrogen and oxygen atoms in total. The van der Waals surface area contributed by atoms with Crippen LogP contribution in [-0.4, -0.2) is 29.5 Å². The summed E-state index contributed by atoms with van der Waals surface area (Å²) in [6.45, 7) is 1.95. The van der Waals surface area contributed by atoms with Crippen LogP contribution in [0.25, 0.3) is 0 Å². The van der Waals surface area contributed by atoms with E-state index in [2.05, 4.69) is 0 Å². The normalized spacial score (nSPS) is 14.3. The molecule has 0 aliphatic carbocycles. The van der Waals surface area contributed by atoms with Crippen molar-refractivity contribution in [2.45, 2.75) is 44.8 Å². The molecular weight excluding hydrogens is 235 g/mol. The number of aliphatic hydroxyl groups is 2. The zero-order valence-corrected chi connectivity index (χ0v) is 10.9. The first kappa shape index (κ1) is 14.9. The maximum Gasteiger partial charge on any atom is 0.123 e. The van der Waals surface area contributed by atoms with E-state index in [4.69, 9.17) is 4.74 Å². The molecule has 4 heteroatoms. The van der Waals surface area contributed by atoms with Crippen LogP contribution in [0.5, 0.6) is 5.75 Å². The maximum atomic E-state index is 13.1. The highest BCUT2D eigenvalue weighted by Crippen LogP contribution is 2.22. The van der Waals surface area contributed by atoms with Gasteiger partial charge in [0.1, 0.15) is 11.6 Å². The Bertz CT molecular complexity index is 368. The van der Waals surface area contributed by atoms with Gasteiger partial charge in [-0.15, -0.1) is 0 Å². The van der Waals surface area contributed by atoms with Crippen LogP contribution in [-0.2, 0) is 6.42 Å². The van der Waals surface area contributed by atoms with Gasteiger partial charge in [-0.05, 0) is 43.0 Å². The Labute approximate surface area is 107 Å². The number of methoxy groups -OCH3 is 1. The Morgan fingerprint density at radius 1 is 1.22 bits per heavy atom. The first-order chi connectivity index (χ1) is 8.58. The van der Waals surface area contributed by atoms with Crippen LogP contribution in [0, 0.1) is 5.82 Å². The largest absolute Gasteiger partial charge is 0.496 e. The van der Waals surface area contributed by atoms with E-state index in [0.717, 1.165) is 6.42 Å². The van der Waals surface area contributed by atoms with Crippen LogP contribution in [0.15, 0.2) is 18.2 Å². The van der Waals surface area contributed by atoms with Gasteiger partial charge in [0.25, 0.3) is 0 Å². The third kappa shape index (κ3) is 4.27. The Balaban J connectivity index is 2.59. The summed E-state index contributed by atoms with van der Waals surface area (Å²) in [6.07, 6.45) is 0.764. The minimum atomic E-state index is -0.780. The molecule has 0 aromatic heterocycles. The highest BCUT2D eigenvalue weighted by atomic mass is 19.1. The molecule has 0 saturated heterocycles. The Morgan fingerprint density at radius 2 is 1.89 bits per heavy atom. The van der Waals surface area contributed by atoms with E-state index in [1.807, 2.05) is 6.92 Å². The van der Waals surface area contributed by atoms with Crippen LogP contribution in [0.1, 0.15) is 31.7 Å². The van der Waals surface area contributed by atoms with Crippen LogP contribution >= 0.6 is 0 Å². The quantitative estimate of drug-likeness (QED) is 0.787. The fourth-order valence-electron chi connectivity index (χ4n) is 1.93. The molecule has 0 heterocycles. The first-order valence-electron chi connectivity index (χ1n) is 6.27. The first-order valence-corrected chi connectivity index (χ1v) is 6.27.